The molecule has 2 aromatic rings. The van der Waals surface area contributed by atoms with E-state index in [0.29, 0.717) is 40.1 Å². The summed E-state index contributed by atoms with van der Waals surface area (Å²) in [5.74, 6) is 2.60. The Morgan fingerprint density at radius 2 is 1.44 bits per heavy atom. The van der Waals surface area contributed by atoms with Crippen LogP contribution < -0.4 is 23.7 Å². The molecule has 0 heterocycles. The van der Waals surface area contributed by atoms with Crippen molar-refractivity contribution in [2.75, 3.05) is 41.7 Å². The third-order valence-corrected chi connectivity index (χ3v) is 3.82. The first-order valence-electron chi connectivity index (χ1n) is 8.22. The number of hydrogen-bond donors (Lipinski definition) is 1. The van der Waals surface area contributed by atoms with Crippen LogP contribution in [-0.2, 0) is 0 Å². The summed E-state index contributed by atoms with van der Waals surface area (Å²) >= 11 is 0. The van der Waals surface area contributed by atoms with E-state index in [1.807, 2.05) is 6.92 Å². The lowest BCUT2D eigenvalue weighted by Gasteiger charge is -2.14. The monoisotopic (exact) mass is 376 g/mol. The third kappa shape index (κ3) is 4.59. The van der Waals surface area contributed by atoms with Crippen molar-refractivity contribution in [1.29, 1.82) is 0 Å². The maximum absolute atomic E-state index is 9.06. The molecule has 0 fully saturated rings. The van der Waals surface area contributed by atoms with Crippen LogP contribution in [0.3, 0.4) is 0 Å². The fraction of sp³-hybridized carbons (Fsp3) is 0.368. The number of ether oxygens (including phenoxy) is 5. The Kier molecular flexibility index (Phi) is 7.25. The molecular formula is C19H24N2O6. The van der Waals surface area contributed by atoms with Gasteiger partial charge in [0.15, 0.2) is 17.2 Å². The van der Waals surface area contributed by atoms with E-state index in [-0.39, 0.29) is 13.2 Å². The van der Waals surface area contributed by atoms with Crippen LogP contribution in [0.5, 0.6) is 28.7 Å². The van der Waals surface area contributed by atoms with Gasteiger partial charge in [-0.3, -0.25) is 0 Å². The minimum atomic E-state index is -0.111. The molecule has 2 aromatic carbocycles. The highest BCUT2D eigenvalue weighted by atomic mass is 16.5. The van der Waals surface area contributed by atoms with Crippen molar-refractivity contribution in [1.82, 2.24) is 0 Å². The highest BCUT2D eigenvalue weighted by Crippen LogP contribution is 2.42. The van der Waals surface area contributed by atoms with E-state index in [2.05, 4.69) is 10.2 Å². The molecule has 0 amide bonds. The Hall–Kier alpha value is -3.00. The van der Waals surface area contributed by atoms with E-state index in [1.165, 1.54) is 21.3 Å². The van der Waals surface area contributed by atoms with Crippen molar-refractivity contribution >= 4 is 11.4 Å². The van der Waals surface area contributed by atoms with Gasteiger partial charge in [0.2, 0.25) is 5.75 Å². The van der Waals surface area contributed by atoms with Crippen LogP contribution in [0.2, 0.25) is 0 Å². The molecule has 0 atom stereocenters. The predicted octanol–water partition coefficient (Wildman–Crippen LogP) is 3.82. The fourth-order valence-corrected chi connectivity index (χ4v) is 2.53. The van der Waals surface area contributed by atoms with Crippen LogP contribution in [-0.4, -0.2) is 46.8 Å². The van der Waals surface area contributed by atoms with Gasteiger partial charge in [-0.25, -0.2) is 0 Å². The molecule has 1 N–H and O–H groups in total. The number of nitrogens with zero attached hydrogens (tertiary/aromatic N) is 2. The van der Waals surface area contributed by atoms with Crippen molar-refractivity contribution in [3.05, 3.63) is 29.8 Å². The SMILES string of the molecule is COc1ccc(/N=N/c2cc(OC)c(OC)c(OC)c2)c(OCCO)c1C. The van der Waals surface area contributed by atoms with Gasteiger partial charge in [-0.05, 0) is 19.1 Å². The second kappa shape index (κ2) is 9.63. The zero-order valence-corrected chi connectivity index (χ0v) is 16.1. The molecule has 0 saturated heterocycles. The van der Waals surface area contributed by atoms with Crippen LogP contribution in [0.25, 0.3) is 0 Å². The van der Waals surface area contributed by atoms with Crippen LogP contribution in [0.1, 0.15) is 5.56 Å². The third-order valence-electron chi connectivity index (χ3n) is 3.82. The Labute approximate surface area is 158 Å². The average molecular weight is 376 g/mol. The lowest BCUT2D eigenvalue weighted by atomic mass is 10.1. The number of aliphatic hydroxyl groups excluding tert-OH is 1. The van der Waals surface area contributed by atoms with Gasteiger partial charge in [0, 0.05) is 17.7 Å². The predicted molar refractivity (Wildman–Crippen MR) is 101 cm³/mol. The summed E-state index contributed by atoms with van der Waals surface area (Å²) in [7, 11) is 6.18. The number of azo groups is 1. The van der Waals surface area contributed by atoms with Crippen LogP contribution in [0.15, 0.2) is 34.5 Å². The molecule has 0 unspecified atom stereocenters. The summed E-state index contributed by atoms with van der Waals surface area (Å²) in [6.07, 6.45) is 0. The number of hydrogen-bond acceptors (Lipinski definition) is 8. The number of aliphatic hydroxyl groups is 1. The molecule has 2 rings (SSSR count). The van der Waals surface area contributed by atoms with Crippen molar-refractivity contribution in [3.63, 3.8) is 0 Å². The van der Waals surface area contributed by atoms with Crippen LogP contribution in [0.4, 0.5) is 11.4 Å². The van der Waals surface area contributed by atoms with Gasteiger partial charge in [-0.1, -0.05) is 0 Å². The molecule has 8 heteroatoms. The summed E-state index contributed by atoms with van der Waals surface area (Å²) in [4.78, 5) is 0. The average Bonchev–Trinajstić information content (AvgIpc) is 2.70. The molecule has 0 radical (unpaired) electrons. The normalized spacial score (nSPS) is 10.7. The van der Waals surface area contributed by atoms with E-state index >= 15 is 0 Å². The first-order chi connectivity index (χ1) is 13.1. The highest BCUT2D eigenvalue weighted by Gasteiger charge is 2.14. The van der Waals surface area contributed by atoms with E-state index in [1.54, 1.807) is 31.4 Å². The summed E-state index contributed by atoms with van der Waals surface area (Å²) in [6, 6.07) is 6.90. The molecule has 0 bridgehead atoms. The maximum atomic E-state index is 9.06. The fourth-order valence-electron chi connectivity index (χ4n) is 2.53. The largest absolute Gasteiger partial charge is 0.496 e. The number of rotatable bonds is 9. The zero-order chi connectivity index (χ0) is 19.8. The summed E-state index contributed by atoms with van der Waals surface area (Å²) in [5, 5.41) is 17.6. The molecular weight excluding hydrogens is 352 g/mol. The molecule has 0 saturated carbocycles. The highest BCUT2D eigenvalue weighted by molar-refractivity contribution is 5.62. The van der Waals surface area contributed by atoms with Gasteiger partial charge in [-0.15, -0.1) is 5.11 Å². The second-order valence-corrected chi connectivity index (χ2v) is 5.40. The Balaban J connectivity index is 2.44. The van der Waals surface area contributed by atoms with Gasteiger partial charge in [-0.2, -0.15) is 5.11 Å². The van der Waals surface area contributed by atoms with Gasteiger partial charge in [0.05, 0.1) is 40.7 Å². The Morgan fingerprint density at radius 3 is 1.96 bits per heavy atom. The molecule has 0 aliphatic heterocycles. The molecule has 0 aliphatic rings. The van der Waals surface area contributed by atoms with Crippen molar-refractivity contribution < 1.29 is 28.8 Å². The van der Waals surface area contributed by atoms with Crippen LogP contribution >= 0.6 is 0 Å². The van der Waals surface area contributed by atoms with E-state index in [9.17, 15) is 0 Å². The van der Waals surface area contributed by atoms with E-state index in [4.69, 9.17) is 28.8 Å². The maximum Gasteiger partial charge on any atom is 0.203 e. The summed E-state index contributed by atoms with van der Waals surface area (Å²) < 4.78 is 26.9. The Morgan fingerprint density at radius 1 is 0.815 bits per heavy atom. The molecule has 8 nitrogen and oxygen atoms in total. The van der Waals surface area contributed by atoms with Crippen molar-refractivity contribution in [2.24, 2.45) is 10.2 Å². The molecule has 0 aromatic heterocycles. The number of benzene rings is 2. The minimum absolute atomic E-state index is 0.111. The van der Waals surface area contributed by atoms with Crippen LogP contribution in [0, 0.1) is 6.92 Å². The first-order valence-corrected chi connectivity index (χ1v) is 8.22. The van der Waals surface area contributed by atoms with Crippen molar-refractivity contribution in [2.45, 2.75) is 6.92 Å². The van der Waals surface area contributed by atoms with Gasteiger partial charge >= 0.3 is 0 Å². The van der Waals surface area contributed by atoms with Gasteiger partial charge in [0.1, 0.15) is 18.0 Å². The first kappa shape index (κ1) is 20.3. The smallest absolute Gasteiger partial charge is 0.203 e. The molecule has 27 heavy (non-hydrogen) atoms. The lowest BCUT2D eigenvalue weighted by Crippen LogP contribution is -2.03. The molecule has 146 valence electrons. The van der Waals surface area contributed by atoms with E-state index < -0.39 is 0 Å². The molecule has 0 spiro atoms. The zero-order valence-electron chi connectivity index (χ0n) is 16.1. The van der Waals surface area contributed by atoms with Gasteiger partial charge < -0.3 is 28.8 Å². The minimum Gasteiger partial charge on any atom is -0.496 e. The number of methoxy groups -OCH3 is 4. The van der Waals surface area contributed by atoms with Crippen molar-refractivity contribution in [3.8, 4) is 28.7 Å². The Bertz CT molecular complexity index is 782. The standard InChI is InChI=1S/C19H24N2O6/c1-12-15(23-2)7-6-14(18(12)27-9-8-22)21-20-13-10-16(24-3)19(26-5)17(11-13)25-4/h6-7,10-11,22H,8-9H2,1-5H3/b21-20+. The summed E-state index contributed by atoms with van der Waals surface area (Å²) in [6.45, 7) is 1.88. The topological polar surface area (TPSA) is 91.1 Å². The molecule has 0 aliphatic carbocycles. The summed E-state index contributed by atoms with van der Waals surface area (Å²) in [5.41, 5.74) is 1.80. The van der Waals surface area contributed by atoms with Gasteiger partial charge in [0.25, 0.3) is 0 Å². The lowest BCUT2D eigenvalue weighted by molar-refractivity contribution is 0.200. The van der Waals surface area contributed by atoms with E-state index in [0.717, 1.165) is 5.56 Å². The second-order valence-electron chi connectivity index (χ2n) is 5.40. The quantitative estimate of drug-likeness (QED) is 0.669.